The molecule has 2 atom stereocenters. The third-order valence-corrected chi connectivity index (χ3v) is 5.75. The summed E-state index contributed by atoms with van der Waals surface area (Å²) < 4.78 is 0. The smallest absolute Gasteiger partial charge is 0.325 e. The number of amides is 2. The van der Waals surface area contributed by atoms with Crippen molar-refractivity contribution in [2.75, 3.05) is 15.5 Å². The Morgan fingerprint density at radius 2 is 1.88 bits per heavy atom. The van der Waals surface area contributed by atoms with E-state index >= 15 is 0 Å². The SMILES string of the molecule is Cc1cccc(NC(=O)Nc2nnc(N3C(C)CCCC3C)s2)c1C. The van der Waals surface area contributed by atoms with Gasteiger partial charge in [-0.05, 0) is 64.2 Å². The van der Waals surface area contributed by atoms with Gasteiger partial charge in [-0.3, -0.25) is 5.32 Å². The normalized spacial score (nSPS) is 20.4. The molecule has 0 saturated carbocycles. The summed E-state index contributed by atoms with van der Waals surface area (Å²) in [5, 5.41) is 15.5. The molecule has 7 heteroatoms. The number of carbonyl (C=O) groups excluding carboxylic acids is 1. The summed E-state index contributed by atoms with van der Waals surface area (Å²) in [6, 6.07) is 6.46. The van der Waals surface area contributed by atoms with Crippen molar-refractivity contribution in [2.24, 2.45) is 0 Å². The van der Waals surface area contributed by atoms with E-state index in [0.717, 1.165) is 21.9 Å². The van der Waals surface area contributed by atoms with Crippen molar-refractivity contribution in [1.82, 2.24) is 10.2 Å². The van der Waals surface area contributed by atoms with Gasteiger partial charge in [0.05, 0.1) is 0 Å². The number of hydrogen-bond acceptors (Lipinski definition) is 5. The number of hydrogen-bond donors (Lipinski definition) is 2. The van der Waals surface area contributed by atoms with Gasteiger partial charge in [-0.1, -0.05) is 23.5 Å². The van der Waals surface area contributed by atoms with E-state index in [1.807, 2.05) is 32.0 Å². The first-order valence-corrected chi connectivity index (χ1v) is 9.53. The summed E-state index contributed by atoms with van der Waals surface area (Å²) in [5.74, 6) is 0. The van der Waals surface area contributed by atoms with Crippen molar-refractivity contribution in [3.05, 3.63) is 29.3 Å². The Bertz CT molecular complexity index is 750. The lowest BCUT2D eigenvalue weighted by Crippen LogP contribution is -2.43. The third kappa shape index (κ3) is 3.92. The summed E-state index contributed by atoms with van der Waals surface area (Å²) in [5.41, 5.74) is 3.01. The highest BCUT2D eigenvalue weighted by Crippen LogP contribution is 2.32. The molecule has 0 spiro atoms. The van der Waals surface area contributed by atoms with Gasteiger partial charge in [0.15, 0.2) is 0 Å². The molecule has 1 fully saturated rings. The van der Waals surface area contributed by atoms with Crippen LogP contribution >= 0.6 is 11.3 Å². The van der Waals surface area contributed by atoms with Crippen LogP contribution in [0.4, 0.5) is 20.7 Å². The van der Waals surface area contributed by atoms with E-state index in [4.69, 9.17) is 0 Å². The molecule has 134 valence electrons. The minimum atomic E-state index is -0.295. The van der Waals surface area contributed by atoms with Crippen LogP contribution in [0.3, 0.4) is 0 Å². The topological polar surface area (TPSA) is 70.1 Å². The molecule has 6 nitrogen and oxygen atoms in total. The number of piperidine rings is 1. The Labute approximate surface area is 152 Å². The number of rotatable bonds is 3. The molecule has 2 N–H and O–H groups in total. The van der Waals surface area contributed by atoms with E-state index in [1.165, 1.54) is 30.6 Å². The van der Waals surface area contributed by atoms with E-state index in [0.29, 0.717) is 17.2 Å². The maximum absolute atomic E-state index is 12.3. The molecule has 1 aliphatic rings. The third-order valence-electron chi connectivity index (χ3n) is 4.90. The zero-order valence-electron chi connectivity index (χ0n) is 15.2. The van der Waals surface area contributed by atoms with Crippen LogP contribution in [0, 0.1) is 13.8 Å². The molecule has 3 rings (SSSR count). The molecule has 2 amide bonds. The number of nitrogens with one attached hydrogen (secondary N) is 2. The minimum Gasteiger partial charge on any atom is -0.341 e. The maximum atomic E-state index is 12.3. The molecule has 1 saturated heterocycles. The number of benzene rings is 1. The van der Waals surface area contributed by atoms with Crippen LogP contribution in [0.5, 0.6) is 0 Å². The molecule has 0 bridgehead atoms. The first-order valence-electron chi connectivity index (χ1n) is 8.71. The Hall–Kier alpha value is -2.15. The van der Waals surface area contributed by atoms with E-state index < -0.39 is 0 Å². The highest BCUT2D eigenvalue weighted by atomic mass is 32.1. The largest absolute Gasteiger partial charge is 0.341 e. The fourth-order valence-electron chi connectivity index (χ4n) is 3.31. The van der Waals surface area contributed by atoms with Crippen molar-refractivity contribution in [2.45, 2.75) is 59.0 Å². The van der Waals surface area contributed by atoms with Crippen LogP contribution in [-0.4, -0.2) is 28.3 Å². The summed E-state index contributed by atoms with van der Waals surface area (Å²) in [4.78, 5) is 14.6. The Kier molecular flexibility index (Phi) is 5.22. The van der Waals surface area contributed by atoms with Crippen LogP contribution < -0.4 is 15.5 Å². The number of carbonyl (C=O) groups is 1. The van der Waals surface area contributed by atoms with Crippen LogP contribution in [-0.2, 0) is 0 Å². The molecule has 25 heavy (non-hydrogen) atoms. The minimum absolute atomic E-state index is 0.295. The van der Waals surface area contributed by atoms with E-state index in [1.54, 1.807) is 0 Å². The lowest BCUT2D eigenvalue weighted by Gasteiger charge is -2.38. The predicted molar refractivity (Wildman–Crippen MR) is 104 cm³/mol. The number of nitrogens with zero attached hydrogens (tertiary/aromatic N) is 3. The average Bonchev–Trinajstić information content (AvgIpc) is 2.99. The Morgan fingerprint density at radius 1 is 1.16 bits per heavy atom. The first kappa shape index (κ1) is 17.7. The van der Waals surface area contributed by atoms with Gasteiger partial charge < -0.3 is 10.2 Å². The number of urea groups is 1. The maximum Gasteiger partial charge on any atom is 0.325 e. The molecule has 2 unspecified atom stereocenters. The predicted octanol–water partition coefficient (Wildman–Crippen LogP) is 4.57. The summed E-state index contributed by atoms with van der Waals surface area (Å²) in [6.45, 7) is 8.46. The molecule has 0 radical (unpaired) electrons. The molecule has 1 aliphatic heterocycles. The van der Waals surface area contributed by atoms with Crippen molar-refractivity contribution in [3.63, 3.8) is 0 Å². The van der Waals surface area contributed by atoms with Crippen molar-refractivity contribution >= 4 is 33.3 Å². The highest BCUT2D eigenvalue weighted by molar-refractivity contribution is 7.19. The standard InChI is InChI=1S/C18H25N5OS/c1-11-7-5-10-15(14(11)4)19-16(24)20-17-21-22-18(25-17)23-12(2)8-6-9-13(23)3/h5,7,10,12-13H,6,8-9H2,1-4H3,(H2,19,20,21,24). The van der Waals surface area contributed by atoms with Gasteiger partial charge in [-0.2, -0.15) is 0 Å². The second-order valence-electron chi connectivity index (χ2n) is 6.75. The fraction of sp³-hybridized carbons (Fsp3) is 0.500. The fourth-order valence-corrected chi connectivity index (χ4v) is 4.25. The molecule has 1 aromatic heterocycles. The second-order valence-corrected chi connectivity index (χ2v) is 7.71. The number of aryl methyl sites for hydroxylation is 1. The van der Waals surface area contributed by atoms with Crippen molar-refractivity contribution < 1.29 is 4.79 Å². The van der Waals surface area contributed by atoms with E-state index in [2.05, 4.69) is 39.6 Å². The van der Waals surface area contributed by atoms with Gasteiger partial charge >= 0.3 is 6.03 Å². The van der Waals surface area contributed by atoms with E-state index in [-0.39, 0.29) is 6.03 Å². The summed E-state index contributed by atoms with van der Waals surface area (Å²) in [7, 11) is 0. The zero-order valence-corrected chi connectivity index (χ0v) is 16.0. The van der Waals surface area contributed by atoms with Gasteiger partial charge in [0.2, 0.25) is 10.3 Å². The monoisotopic (exact) mass is 359 g/mol. The molecule has 2 aromatic rings. The number of anilines is 3. The highest BCUT2D eigenvalue weighted by Gasteiger charge is 2.27. The lowest BCUT2D eigenvalue weighted by atomic mass is 9.98. The molecule has 2 heterocycles. The van der Waals surface area contributed by atoms with Crippen LogP contribution in [0.25, 0.3) is 0 Å². The van der Waals surface area contributed by atoms with Gasteiger partial charge in [-0.15, -0.1) is 10.2 Å². The first-order chi connectivity index (χ1) is 12.0. The van der Waals surface area contributed by atoms with E-state index in [9.17, 15) is 4.79 Å². The summed E-state index contributed by atoms with van der Waals surface area (Å²) >= 11 is 1.42. The van der Waals surface area contributed by atoms with Crippen LogP contribution in [0.1, 0.15) is 44.2 Å². The van der Waals surface area contributed by atoms with Crippen LogP contribution in [0.2, 0.25) is 0 Å². The Morgan fingerprint density at radius 3 is 2.60 bits per heavy atom. The quantitative estimate of drug-likeness (QED) is 0.842. The Balaban J connectivity index is 1.66. The lowest BCUT2D eigenvalue weighted by molar-refractivity contribution is 0.262. The van der Waals surface area contributed by atoms with Crippen LogP contribution in [0.15, 0.2) is 18.2 Å². The molecule has 0 aliphatic carbocycles. The average molecular weight is 359 g/mol. The van der Waals surface area contributed by atoms with Gasteiger partial charge in [0.1, 0.15) is 0 Å². The van der Waals surface area contributed by atoms with Gasteiger partial charge in [0.25, 0.3) is 0 Å². The van der Waals surface area contributed by atoms with Crippen molar-refractivity contribution in [1.29, 1.82) is 0 Å². The zero-order chi connectivity index (χ0) is 18.0. The van der Waals surface area contributed by atoms with Crippen molar-refractivity contribution in [3.8, 4) is 0 Å². The molecular formula is C18H25N5OS. The number of aromatic nitrogens is 2. The molecule has 1 aromatic carbocycles. The van der Waals surface area contributed by atoms with Gasteiger partial charge in [-0.25, -0.2) is 4.79 Å². The van der Waals surface area contributed by atoms with Gasteiger partial charge in [0, 0.05) is 17.8 Å². The second kappa shape index (κ2) is 7.39. The summed E-state index contributed by atoms with van der Waals surface area (Å²) in [6.07, 6.45) is 3.58. The molecular weight excluding hydrogens is 334 g/mol.